The number of aliphatic imine (C=N–C) groups is 1. The summed E-state index contributed by atoms with van der Waals surface area (Å²) in [4.78, 5) is 4.82. The maximum Gasteiger partial charge on any atom is 0.391 e. The highest BCUT2D eigenvalue weighted by molar-refractivity contribution is 7.99. The van der Waals surface area contributed by atoms with Crippen molar-refractivity contribution >= 4 is 17.5 Å². The Hall–Kier alpha value is -1.75. The third kappa shape index (κ3) is 2.60. The van der Waals surface area contributed by atoms with Gasteiger partial charge in [0.25, 0.3) is 0 Å². The van der Waals surface area contributed by atoms with E-state index in [4.69, 9.17) is 4.99 Å². The van der Waals surface area contributed by atoms with Crippen molar-refractivity contribution in [3.8, 4) is 0 Å². The van der Waals surface area contributed by atoms with Gasteiger partial charge in [-0.1, -0.05) is 61.5 Å². The molecule has 0 radical (unpaired) electrons. The fourth-order valence-electron chi connectivity index (χ4n) is 4.08. The second-order valence-corrected chi connectivity index (χ2v) is 8.01. The van der Waals surface area contributed by atoms with Crippen molar-refractivity contribution in [2.75, 3.05) is 11.5 Å². The second kappa shape index (κ2) is 5.63. The molecule has 0 saturated carbocycles. The molecule has 0 spiro atoms. The number of benzene rings is 2. The number of nitrogens with zero attached hydrogens (tertiary/aromatic N) is 1. The van der Waals surface area contributed by atoms with Gasteiger partial charge < -0.3 is 0 Å². The van der Waals surface area contributed by atoms with Crippen molar-refractivity contribution in [1.82, 2.24) is 0 Å². The fourth-order valence-corrected chi connectivity index (χ4v) is 5.84. The van der Waals surface area contributed by atoms with Crippen LogP contribution in [0.3, 0.4) is 0 Å². The number of alkyl halides is 3. The number of rotatable bonds is 2. The molecule has 2 aromatic carbocycles. The molecule has 2 aliphatic heterocycles. The van der Waals surface area contributed by atoms with E-state index in [-0.39, 0.29) is 0 Å². The summed E-state index contributed by atoms with van der Waals surface area (Å²) in [7, 11) is 0. The fraction of sp³-hybridized carbons (Fsp3) is 0.350. The first-order valence-electron chi connectivity index (χ1n) is 8.24. The Labute approximate surface area is 149 Å². The van der Waals surface area contributed by atoms with Crippen LogP contribution in [0.15, 0.2) is 59.6 Å². The normalized spacial score (nSPS) is 28.2. The van der Waals surface area contributed by atoms with E-state index in [0.29, 0.717) is 17.2 Å². The summed E-state index contributed by atoms with van der Waals surface area (Å²) in [6.45, 7) is 1.95. The van der Waals surface area contributed by atoms with E-state index in [1.54, 1.807) is 11.8 Å². The predicted octanol–water partition coefficient (Wildman–Crippen LogP) is 5.23. The molecule has 2 aliphatic rings. The Morgan fingerprint density at radius 2 is 1.68 bits per heavy atom. The van der Waals surface area contributed by atoms with Crippen molar-refractivity contribution < 1.29 is 13.2 Å². The molecule has 5 heteroatoms. The first kappa shape index (κ1) is 16.7. The van der Waals surface area contributed by atoms with Gasteiger partial charge in [0.05, 0.1) is 17.7 Å². The average molecular weight is 361 g/mol. The maximum atomic E-state index is 13.5. The predicted molar refractivity (Wildman–Crippen MR) is 96.6 cm³/mol. The van der Waals surface area contributed by atoms with Crippen LogP contribution in [0.1, 0.15) is 30.0 Å². The van der Waals surface area contributed by atoms with Gasteiger partial charge in [-0.15, -0.1) is 0 Å². The van der Waals surface area contributed by atoms with E-state index in [0.717, 1.165) is 16.7 Å². The lowest BCUT2D eigenvalue weighted by Crippen LogP contribution is -2.53. The topological polar surface area (TPSA) is 12.4 Å². The Morgan fingerprint density at radius 3 is 2.40 bits per heavy atom. The van der Waals surface area contributed by atoms with Crippen LogP contribution in [0, 0.1) is 0 Å². The molecule has 0 bridgehead atoms. The van der Waals surface area contributed by atoms with Gasteiger partial charge in [-0.25, -0.2) is 0 Å². The highest BCUT2D eigenvalue weighted by Gasteiger charge is 2.60. The van der Waals surface area contributed by atoms with Crippen molar-refractivity contribution in [2.45, 2.75) is 30.5 Å². The van der Waals surface area contributed by atoms with E-state index in [1.807, 2.05) is 61.5 Å². The lowest BCUT2D eigenvalue weighted by molar-refractivity contribution is -0.149. The monoisotopic (exact) mass is 361 g/mol. The molecule has 1 saturated heterocycles. The number of thioether (sulfide) groups is 1. The molecule has 2 aromatic rings. The van der Waals surface area contributed by atoms with Gasteiger partial charge in [-0.3, -0.25) is 4.99 Å². The zero-order valence-electron chi connectivity index (χ0n) is 13.8. The van der Waals surface area contributed by atoms with Gasteiger partial charge in [0.1, 0.15) is 0 Å². The molecule has 0 unspecified atom stereocenters. The Bertz CT molecular complexity index is 830. The molecule has 0 aliphatic carbocycles. The molecule has 1 nitrogen and oxygen atoms in total. The maximum absolute atomic E-state index is 13.5. The van der Waals surface area contributed by atoms with E-state index < -0.39 is 23.6 Å². The Balaban J connectivity index is 1.98. The second-order valence-electron chi connectivity index (χ2n) is 7.02. The smallest absolute Gasteiger partial charge is 0.275 e. The lowest BCUT2D eigenvalue weighted by Gasteiger charge is -2.45. The van der Waals surface area contributed by atoms with Crippen molar-refractivity contribution in [2.24, 2.45) is 4.99 Å². The summed E-state index contributed by atoms with van der Waals surface area (Å²) >= 11 is 1.57. The van der Waals surface area contributed by atoms with Crippen LogP contribution in [0.5, 0.6) is 0 Å². The summed E-state index contributed by atoms with van der Waals surface area (Å²) in [6, 6.07) is 17.3. The van der Waals surface area contributed by atoms with Gasteiger partial charge in [0.2, 0.25) is 0 Å². The zero-order chi connectivity index (χ0) is 17.7. The minimum atomic E-state index is -4.25. The number of hydrogen-bond donors (Lipinski definition) is 0. The van der Waals surface area contributed by atoms with Gasteiger partial charge in [0, 0.05) is 28.0 Å². The molecule has 2 atom stereocenters. The van der Waals surface area contributed by atoms with Crippen molar-refractivity contribution in [3.63, 3.8) is 0 Å². The molecular formula is C20H18F3NS. The number of fused-ring (bicyclic) bond motifs is 3. The quantitative estimate of drug-likeness (QED) is 0.713. The highest BCUT2D eigenvalue weighted by atomic mass is 32.2. The van der Waals surface area contributed by atoms with Crippen LogP contribution in [-0.2, 0) is 5.41 Å². The third-order valence-corrected chi connectivity index (χ3v) is 6.86. The Morgan fingerprint density at radius 1 is 1.00 bits per heavy atom. The van der Waals surface area contributed by atoms with Crippen molar-refractivity contribution in [1.29, 1.82) is 0 Å². The number of halogens is 3. The van der Waals surface area contributed by atoms with Crippen LogP contribution in [0.4, 0.5) is 13.2 Å². The lowest BCUT2D eigenvalue weighted by atomic mass is 9.63. The molecule has 0 aromatic heterocycles. The minimum absolute atomic E-state index is 0.397. The van der Waals surface area contributed by atoms with Gasteiger partial charge in [0.15, 0.2) is 0 Å². The highest BCUT2D eigenvalue weighted by Crippen LogP contribution is 2.56. The van der Waals surface area contributed by atoms with E-state index in [2.05, 4.69) is 0 Å². The summed E-state index contributed by atoms with van der Waals surface area (Å²) < 4.78 is 40.4. The molecule has 130 valence electrons. The van der Waals surface area contributed by atoms with Crippen LogP contribution in [0.2, 0.25) is 0 Å². The molecule has 2 heterocycles. The van der Waals surface area contributed by atoms with Gasteiger partial charge in [-0.05, 0) is 5.56 Å². The first-order valence-corrected chi connectivity index (χ1v) is 9.40. The standard InChI is InChI=1S/C20H18F3NS/c1-18-12-25-13-19(18,11-20(21,22)23)24-17(14-7-3-2-4-8-14)15-9-5-6-10-16(15)18/h2-10H,11-13H2,1H3/t18-,19-/m1/s1. The largest absolute Gasteiger partial charge is 0.391 e. The van der Waals surface area contributed by atoms with Crippen LogP contribution < -0.4 is 0 Å². The minimum Gasteiger partial charge on any atom is -0.275 e. The molecular weight excluding hydrogens is 343 g/mol. The summed E-state index contributed by atoms with van der Waals surface area (Å²) in [5, 5.41) is 0. The molecule has 4 rings (SSSR count). The van der Waals surface area contributed by atoms with Crippen LogP contribution in [-0.4, -0.2) is 28.9 Å². The molecule has 0 amide bonds. The van der Waals surface area contributed by atoms with E-state index in [9.17, 15) is 13.2 Å². The molecule has 1 fully saturated rings. The molecule has 0 N–H and O–H groups in total. The molecule has 25 heavy (non-hydrogen) atoms. The first-order chi connectivity index (χ1) is 11.8. The van der Waals surface area contributed by atoms with E-state index >= 15 is 0 Å². The Kier molecular flexibility index (Phi) is 3.76. The zero-order valence-corrected chi connectivity index (χ0v) is 14.6. The third-order valence-electron chi connectivity index (χ3n) is 5.40. The van der Waals surface area contributed by atoms with Gasteiger partial charge in [-0.2, -0.15) is 24.9 Å². The van der Waals surface area contributed by atoms with Gasteiger partial charge >= 0.3 is 6.18 Å². The summed E-state index contributed by atoms with van der Waals surface area (Å²) in [6.07, 6.45) is -5.13. The van der Waals surface area contributed by atoms with Crippen LogP contribution in [0.25, 0.3) is 0 Å². The van der Waals surface area contributed by atoms with Crippen molar-refractivity contribution in [3.05, 3.63) is 71.3 Å². The average Bonchev–Trinajstić information content (AvgIpc) is 2.90. The van der Waals surface area contributed by atoms with Crippen LogP contribution >= 0.6 is 11.8 Å². The summed E-state index contributed by atoms with van der Waals surface area (Å²) in [5.74, 6) is 1.05. The van der Waals surface area contributed by atoms with E-state index in [1.165, 1.54) is 0 Å². The number of hydrogen-bond acceptors (Lipinski definition) is 2. The summed E-state index contributed by atoms with van der Waals surface area (Å²) in [5.41, 5.74) is 1.74. The SMILES string of the molecule is C[C@]12CSC[C@@]1(CC(F)(F)F)N=C(c1ccccc1)c1ccccc12.